The summed E-state index contributed by atoms with van der Waals surface area (Å²) in [5, 5.41) is 13.1. The number of benzene rings is 2. The maximum atomic E-state index is 11.7. The molecule has 2 rings (SSSR count). The average molecular weight is 319 g/mol. The van der Waals surface area contributed by atoms with Gasteiger partial charge in [-0.2, -0.15) is 5.10 Å². The molecule has 0 saturated carbocycles. The van der Waals surface area contributed by atoms with E-state index in [1.165, 1.54) is 12.1 Å². The highest BCUT2D eigenvalue weighted by Crippen LogP contribution is 2.11. The van der Waals surface area contributed by atoms with Gasteiger partial charge in [0.2, 0.25) is 0 Å². The van der Waals surface area contributed by atoms with E-state index in [0.717, 1.165) is 10.0 Å². The summed E-state index contributed by atoms with van der Waals surface area (Å²) in [5.74, 6) is -0.325. The van der Waals surface area contributed by atoms with Gasteiger partial charge >= 0.3 is 0 Å². The van der Waals surface area contributed by atoms with Crippen LogP contribution < -0.4 is 5.43 Å². The summed E-state index contributed by atoms with van der Waals surface area (Å²) >= 11 is 3.34. The van der Waals surface area contributed by atoms with Crippen molar-refractivity contribution < 1.29 is 9.90 Å². The Morgan fingerprint density at radius 1 is 1.21 bits per heavy atom. The number of hydrazone groups is 1. The first-order valence-corrected chi connectivity index (χ1v) is 6.32. The standard InChI is InChI=1S/C14H11BrN2O2/c15-12-6-4-10(5-7-12)9-16-17-14(19)11-2-1-3-13(18)8-11/h1-9,18H,(H,17,19)/b16-9-. The summed E-state index contributed by atoms with van der Waals surface area (Å²) in [6, 6.07) is 13.6. The number of rotatable bonds is 3. The molecule has 0 atom stereocenters. The van der Waals surface area contributed by atoms with Crippen LogP contribution in [-0.4, -0.2) is 17.2 Å². The van der Waals surface area contributed by atoms with Crippen LogP contribution in [-0.2, 0) is 0 Å². The van der Waals surface area contributed by atoms with Gasteiger partial charge in [0.25, 0.3) is 5.91 Å². The number of aromatic hydroxyl groups is 1. The van der Waals surface area contributed by atoms with Crippen LogP contribution in [0.15, 0.2) is 58.1 Å². The third kappa shape index (κ3) is 3.93. The molecule has 0 radical (unpaired) electrons. The van der Waals surface area contributed by atoms with Crippen molar-refractivity contribution in [1.29, 1.82) is 0 Å². The summed E-state index contributed by atoms with van der Waals surface area (Å²) in [4.78, 5) is 11.7. The Labute approximate surface area is 118 Å². The van der Waals surface area contributed by atoms with Crippen LogP contribution in [0.3, 0.4) is 0 Å². The first-order chi connectivity index (χ1) is 9.15. The van der Waals surface area contributed by atoms with Crippen molar-refractivity contribution in [1.82, 2.24) is 5.43 Å². The van der Waals surface area contributed by atoms with E-state index < -0.39 is 0 Å². The van der Waals surface area contributed by atoms with Gasteiger partial charge in [-0.1, -0.05) is 34.1 Å². The van der Waals surface area contributed by atoms with Gasteiger partial charge in [0, 0.05) is 10.0 Å². The van der Waals surface area contributed by atoms with Crippen molar-refractivity contribution >= 4 is 28.1 Å². The van der Waals surface area contributed by atoms with Crippen LogP contribution in [0, 0.1) is 0 Å². The fraction of sp³-hybridized carbons (Fsp3) is 0. The van der Waals surface area contributed by atoms with Crippen LogP contribution in [0.1, 0.15) is 15.9 Å². The number of nitrogens with zero attached hydrogens (tertiary/aromatic N) is 1. The third-order valence-corrected chi connectivity index (χ3v) is 2.89. The molecule has 0 spiro atoms. The molecule has 19 heavy (non-hydrogen) atoms. The minimum atomic E-state index is -0.371. The van der Waals surface area contributed by atoms with Crippen molar-refractivity contribution in [3.63, 3.8) is 0 Å². The van der Waals surface area contributed by atoms with Crippen molar-refractivity contribution in [2.45, 2.75) is 0 Å². The number of halogens is 1. The summed E-state index contributed by atoms with van der Waals surface area (Å²) < 4.78 is 0.980. The largest absolute Gasteiger partial charge is 0.508 e. The summed E-state index contributed by atoms with van der Waals surface area (Å²) in [5.41, 5.74) is 3.63. The van der Waals surface area contributed by atoms with Gasteiger partial charge in [-0.05, 0) is 35.9 Å². The molecule has 0 bridgehead atoms. The molecule has 96 valence electrons. The molecule has 0 unspecified atom stereocenters. The highest BCUT2D eigenvalue weighted by Gasteiger charge is 2.03. The fourth-order valence-corrected chi connectivity index (χ4v) is 1.69. The molecule has 4 nitrogen and oxygen atoms in total. The van der Waals surface area contributed by atoms with Crippen molar-refractivity contribution in [3.8, 4) is 5.75 Å². The number of amides is 1. The lowest BCUT2D eigenvalue weighted by molar-refractivity contribution is 0.0954. The number of hydrogen-bond donors (Lipinski definition) is 2. The molecule has 2 aromatic carbocycles. The number of carbonyl (C=O) groups is 1. The maximum absolute atomic E-state index is 11.7. The molecule has 2 aromatic rings. The highest BCUT2D eigenvalue weighted by atomic mass is 79.9. The Kier molecular flexibility index (Phi) is 4.30. The molecule has 0 aliphatic heterocycles. The Bertz CT molecular complexity index is 609. The number of nitrogens with one attached hydrogen (secondary N) is 1. The normalized spacial score (nSPS) is 10.6. The Morgan fingerprint density at radius 2 is 1.95 bits per heavy atom. The van der Waals surface area contributed by atoms with Gasteiger partial charge in [-0.25, -0.2) is 5.43 Å². The first-order valence-electron chi connectivity index (χ1n) is 5.53. The molecule has 0 fully saturated rings. The summed E-state index contributed by atoms with van der Waals surface area (Å²) in [6.07, 6.45) is 1.55. The molecular weight excluding hydrogens is 308 g/mol. The molecule has 1 amide bonds. The average Bonchev–Trinajstić information content (AvgIpc) is 2.41. The van der Waals surface area contributed by atoms with E-state index in [-0.39, 0.29) is 11.7 Å². The predicted octanol–water partition coefficient (Wildman–Crippen LogP) is 2.92. The molecular formula is C14H11BrN2O2. The SMILES string of the molecule is O=C(N/N=C\c1ccc(Br)cc1)c1cccc(O)c1. The van der Waals surface area contributed by atoms with Gasteiger partial charge in [0.15, 0.2) is 0 Å². The highest BCUT2D eigenvalue weighted by molar-refractivity contribution is 9.10. The maximum Gasteiger partial charge on any atom is 0.271 e. The number of carbonyl (C=O) groups excluding carboxylic acids is 1. The lowest BCUT2D eigenvalue weighted by Gasteiger charge is -2.00. The van der Waals surface area contributed by atoms with Crippen LogP contribution in [0.25, 0.3) is 0 Å². The van der Waals surface area contributed by atoms with Gasteiger partial charge in [0.05, 0.1) is 6.21 Å². The van der Waals surface area contributed by atoms with Crippen LogP contribution in [0.4, 0.5) is 0 Å². The minimum absolute atomic E-state index is 0.0459. The van der Waals surface area contributed by atoms with E-state index in [4.69, 9.17) is 0 Å². The van der Waals surface area contributed by atoms with Gasteiger partial charge in [0.1, 0.15) is 5.75 Å². The Hall–Kier alpha value is -2.14. The van der Waals surface area contributed by atoms with Gasteiger partial charge in [-0.3, -0.25) is 4.79 Å². The number of hydrogen-bond acceptors (Lipinski definition) is 3. The van der Waals surface area contributed by atoms with Gasteiger partial charge < -0.3 is 5.11 Å². The summed E-state index contributed by atoms with van der Waals surface area (Å²) in [6.45, 7) is 0. The minimum Gasteiger partial charge on any atom is -0.508 e. The molecule has 0 aliphatic carbocycles. The molecule has 2 N–H and O–H groups in total. The van der Waals surface area contributed by atoms with E-state index in [1.54, 1.807) is 18.3 Å². The number of phenolic OH excluding ortho intramolecular Hbond substituents is 1. The zero-order valence-electron chi connectivity index (χ0n) is 9.88. The monoisotopic (exact) mass is 318 g/mol. The molecule has 0 heterocycles. The van der Waals surface area contributed by atoms with Crippen molar-refractivity contribution in [3.05, 3.63) is 64.1 Å². The second kappa shape index (κ2) is 6.15. The smallest absolute Gasteiger partial charge is 0.271 e. The quantitative estimate of drug-likeness (QED) is 0.675. The Morgan fingerprint density at radius 3 is 2.63 bits per heavy atom. The lowest BCUT2D eigenvalue weighted by atomic mass is 10.2. The Balaban J connectivity index is 1.98. The van der Waals surface area contributed by atoms with E-state index in [2.05, 4.69) is 26.5 Å². The second-order valence-corrected chi connectivity index (χ2v) is 4.72. The van der Waals surface area contributed by atoms with Crippen molar-refractivity contribution in [2.75, 3.05) is 0 Å². The van der Waals surface area contributed by atoms with E-state index >= 15 is 0 Å². The zero-order chi connectivity index (χ0) is 13.7. The van der Waals surface area contributed by atoms with E-state index in [0.29, 0.717) is 5.56 Å². The number of phenols is 1. The van der Waals surface area contributed by atoms with Crippen molar-refractivity contribution in [2.24, 2.45) is 5.10 Å². The zero-order valence-corrected chi connectivity index (χ0v) is 11.5. The fourth-order valence-electron chi connectivity index (χ4n) is 1.43. The van der Waals surface area contributed by atoms with Gasteiger partial charge in [-0.15, -0.1) is 0 Å². The van der Waals surface area contributed by atoms with E-state index in [9.17, 15) is 9.90 Å². The second-order valence-electron chi connectivity index (χ2n) is 3.80. The molecule has 0 saturated heterocycles. The molecule has 0 aromatic heterocycles. The topological polar surface area (TPSA) is 61.7 Å². The third-order valence-electron chi connectivity index (χ3n) is 2.36. The van der Waals surface area contributed by atoms with Crippen LogP contribution in [0.5, 0.6) is 5.75 Å². The predicted molar refractivity (Wildman–Crippen MR) is 77.3 cm³/mol. The lowest BCUT2D eigenvalue weighted by Crippen LogP contribution is -2.17. The van der Waals surface area contributed by atoms with Crippen LogP contribution in [0.2, 0.25) is 0 Å². The van der Waals surface area contributed by atoms with Crippen LogP contribution >= 0.6 is 15.9 Å². The molecule has 0 aliphatic rings. The molecule has 5 heteroatoms. The summed E-state index contributed by atoms with van der Waals surface area (Å²) in [7, 11) is 0. The first kappa shape index (κ1) is 13.3. The van der Waals surface area contributed by atoms with E-state index in [1.807, 2.05) is 24.3 Å².